The first-order valence-corrected chi connectivity index (χ1v) is 10.2. The second kappa shape index (κ2) is 6.95. The number of nitrogens with zero attached hydrogens (tertiary/aromatic N) is 2. The van der Waals surface area contributed by atoms with Gasteiger partial charge in [0.15, 0.2) is 0 Å². The van der Waals surface area contributed by atoms with E-state index < -0.39 is 0 Å². The highest BCUT2D eigenvalue weighted by Gasteiger charge is 2.32. The van der Waals surface area contributed by atoms with E-state index in [0.717, 1.165) is 37.4 Å². The Morgan fingerprint density at radius 3 is 2.64 bits per heavy atom. The van der Waals surface area contributed by atoms with Gasteiger partial charge in [-0.2, -0.15) is 0 Å². The SMILES string of the molecule is CCc1ccc(C2c3[nH]c4ccccc4c3CCN2Cc2ncc(C)[nH]2)cc1. The zero-order valence-corrected chi connectivity index (χ0v) is 16.5. The second-order valence-corrected chi connectivity index (χ2v) is 7.79. The molecule has 28 heavy (non-hydrogen) atoms. The van der Waals surface area contributed by atoms with Crippen molar-refractivity contribution >= 4 is 10.9 Å². The van der Waals surface area contributed by atoms with Gasteiger partial charge >= 0.3 is 0 Å². The van der Waals surface area contributed by atoms with E-state index >= 15 is 0 Å². The number of hydrogen-bond acceptors (Lipinski definition) is 2. The van der Waals surface area contributed by atoms with E-state index in [1.165, 1.54) is 33.3 Å². The van der Waals surface area contributed by atoms with Crippen molar-refractivity contribution in [1.82, 2.24) is 19.9 Å². The first-order valence-electron chi connectivity index (χ1n) is 10.2. The molecule has 0 spiro atoms. The fourth-order valence-electron chi connectivity index (χ4n) is 4.51. The molecule has 2 aromatic heterocycles. The van der Waals surface area contributed by atoms with E-state index in [1.807, 2.05) is 6.20 Å². The highest BCUT2D eigenvalue weighted by molar-refractivity contribution is 5.85. The summed E-state index contributed by atoms with van der Waals surface area (Å²) in [6, 6.07) is 18.0. The van der Waals surface area contributed by atoms with E-state index in [4.69, 9.17) is 0 Å². The highest BCUT2D eigenvalue weighted by atomic mass is 15.2. The summed E-state index contributed by atoms with van der Waals surface area (Å²) in [7, 11) is 0. The maximum absolute atomic E-state index is 4.56. The van der Waals surface area contributed by atoms with Gasteiger partial charge in [-0.25, -0.2) is 4.98 Å². The fourth-order valence-corrected chi connectivity index (χ4v) is 4.51. The van der Waals surface area contributed by atoms with Gasteiger partial charge in [0, 0.05) is 35.0 Å². The van der Waals surface area contributed by atoms with Crippen molar-refractivity contribution < 1.29 is 0 Å². The standard InChI is InChI=1S/C24H26N4/c1-3-17-8-10-18(11-9-17)24-23-20(19-6-4-5-7-21(19)27-23)12-13-28(24)15-22-25-14-16(2)26-22/h4-11,14,24,27H,3,12-13,15H2,1-2H3,(H,25,26). The number of nitrogens with one attached hydrogen (secondary N) is 2. The van der Waals surface area contributed by atoms with Crippen molar-refractivity contribution in [2.24, 2.45) is 0 Å². The number of para-hydroxylation sites is 1. The molecular formula is C24H26N4. The number of imidazole rings is 1. The summed E-state index contributed by atoms with van der Waals surface area (Å²) in [5.74, 6) is 1.03. The Labute approximate surface area is 165 Å². The third-order valence-corrected chi connectivity index (χ3v) is 5.95. The monoisotopic (exact) mass is 370 g/mol. The fraction of sp³-hybridized carbons (Fsp3) is 0.292. The molecule has 0 saturated heterocycles. The molecule has 1 atom stereocenters. The maximum atomic E-state index is 4.56. The molecule has 5 rings (SSSR count). The lowest BCUT2D eigenvalue weighted by molar-refractivity contribution is 0.197. The van der Waals surface area contributed by atoms with Gasteiger partial charge in [0.05, 0.1) is 12.6 Å². The Morgan fingerprint density at radius 2 is 1.89 bits per heavy atom. The van der Waals surface area contributed by atoms with Crippen LogP contribution < -0.4 is 0 Å². The van der Waals surface area contributed by atoms with Crippen LogP contribution in [0.5, 0.6) is 0 Å². The number of rotatable bonds is 4. The van der Waals surface area contributed by atoms with Crippen molar-refractivity contribution in [3.63, 3.8) is 0 Å². The van der Waals surface area contributed by atoms with Crippen LogP contribution in [0.15, 0.2) is 54.7 Å². The lowest BCUT2D eigenvalue weighted by atomic mass is 9.91. The summed E-state index contributed by atoms with van der Waals surface area (Å²) in [5.41, 5.74) is 7.87. The van der Waals surface area contributed by atoms with Crippen LogP contribution in [0, 0.1) is 6.92 Å². The summed E-state index contributed by atoms with van der Waals surface area (Å²) in [6.07, 6.45) is 4.04. The molecule has 0 saturated carbocycles. The zero-order valence-electron chi connectivity index (χ0n) is 16.5. The third kappa shape index (κ3) is 2.94. The molecule has 0 amide bonds. The lowest BCUT2D eigenvalue weighted by Crippen LogP contribution is -2.36. The molecule has 1 aliphatic heterocycles. The largest absolute Gasteiger partial charge is 0.357 e. The van der Waals surface area contributed by atoms with Crippen molar-refractivity contribution in [1.29, 1.82) is 0 Å². The Hall–Kier alpha value is -2.85. The first-order chi connectivity index (χ1) is 13.7. The number of hydrogen-bond donors (Lipinski definition) is 2. The van der Waals surface area contributed by atoms with E-state index in [0.29, 0.717) is 0 Å². The van der Waals surface area contributed by atoms with Crippen molar-refractivity contribution in [3.05, 3.63) is 88.6 Å². The van der Waals surface area contributed by atoms with Crippen LogP contribution in [-0.2, 0) is 19.4 Å². The Bertz CT molecular complexity index is 1100. The smallest absolute Gasteiger partial charge is 0.120 e. The normalized spacial score (nSPS) is 17.1. The van der Waals surface area contributed by atoms with E-state index in [2.05, 4.69) is 82.2 Å². The molecule has 4 heteroatoms. The molecule has 0 bridgehead atoms. The predicted octanol–water partition coefficient (Wildman–Crippen LogP) is 4.91. The lowest BCUT2D eigenvalue weighted by Gasteiger charge is -2.35. The van der Waals surface area contributed by atoms with Crippen LogP contribution in [0.25, 0.3) is 10.9 Å². The Kier molecular flexibility index (Phi) is 4.29. The Balaban J connectivity index is 1.60. The van der Waals surface area contributed by atoms with Crippen LogP contribution in [0.3, 0.4) is 0 Å². The van der Waals surface area contributed by atoms with Crippen molar-refractivity contribution in [2.75, 3.05) is 6.54 Å². The summed E-state index contributed by atoms with van der Waals surface area (Å²) in [6.45, 7) is 6.11. The second-order valence-electron chi connectivity index (χ2n) is 7.79. The van der Waals surface area contributed by atoms with Crippen LogP contribution in [0.2, 0.25) is 0 Å². The molecule has 1 aliphatic rings. The number of benzene rings is 2. The van der Waals surface area contributed by atoms with Gasteiger partial charge in [0.1, 0.15) is 5.82 Å². The molecule has 3 heterocycles. The van der Waals surface area contributed by atoms with E-state index in [9.17, 15) is 0 Å². The number of H-pyrrole nitrogens is 2. The number of aromatic nitrogens is 3. The Morgan fingerprint density at radius 1 is 1.07 bits per heavy atom. The molecular weight excluding hydrogens is 344 g/mol. The maximum Gasteiger partial charge on any atom is 0.120 e. The number of aryl methyl sites for hydroxylation is 2. The minimum absolute atomic E-state index is 0.215. The van der Waals surface area contributed by atoms with Gasteiger partial charge in [0.25, 0.3) is 0 Å². The summed E-state index contributed by atoms with van der Waals surface area (Å²) < 4.78 is 0. The van der Waals surface area contributed by atoms with Gasteiger partial charge in [-0.1, -0.05) is 49.4 Å². The van der Waals surface area contributed by atoms with Gasteiger partial charge in [-0.15, -0.1) is 0 Å². The van der Waals surface area contributed by atoms with E-state index in [-0.39, 0.29) is 6.04 Å². The molecule has 0 fully saturated rings. The van der Waals surface area contributed by atoms with Gasteiger partial charge in [-0.05, 0) is 42.5 Å². The topological polar surface area (TPSA) is 47.7 Å². The van der Waals surface area contributed by atoms with Crippen LogP contribution in [-0.4, -0.2) is 26.4 Å². The minimum Gasteiger partial charge on any atom is -0.357 e. The average Bonchev–Trinajstić information content (AvgIpc) is 3.31. The van der Waals surface area contributed by atoms with Crippen molar-refractivity contribution in [3.8, 4) is 0 Å². The molecule has 4 aromatic rings. The quantitative estimate of drug-likeness (QED) is 0.536. The van der Waals surface area contributed by atoms with Crippen LogP contribution in [0.4, 0.5) is 0 Å². The number of aromatic amines is 2. The summed E-state index contributed by atoms with van der Waals surface area (Å²) >= 11 is 0. The first kappa shape index (κ1) is 17.3. The van der Waals surface area contributed by atoms with Crippen molar-refractivity contribution in [2.45, 2.75) is 39.3 Å². The average molecular weight is 371 g/mol. The van der Waals surface area contributed by atoms with Gasteiger partial charge in [-0.3, -0.25) is 4.90 Å². The van der Waals surface area contributed by atoms with Gasteiger partial charge < -0.3 is 9.97 Å². The third-order valence-electron chi connectivity index (χ3n) is 5.95. The molecule has 0 radical (unpaired) electrons. The minimum atomic E-state index is 0.215. The molecule has 142 valence electrons. The molecule has 1 unspecified atom stereocenters. The van der Waals surface area contributed by atoms with Gasteiger partial charge in [0.2, 0.25) is 0 Å². The summed E-state index contributed by atoms with van der Waals surface area (Å²) in [4.78, 5) is 14.2. The van der Waals surface area contributed by atoms with E-state index in [1.54, 1.807) is 0 Å². The highest BCUT2D eigenvalue weighted by Crippen LogP contribution is 2.39. The zero-order chi connectivity index (χ0) is 19.1. The molecule has 2 N–H and O–H groups in total. The predicted molar refractivity (Wildman–Crippen MR) is 113 cm³/mol. The number of fused-ring (bicyclic) bond motifs is 3. The molecule has 2 aromatic carbocycles. The molecule has 4 nitrogen and oxygen atoms in total. The van der Waals surface area contributed by atoms with Crippen LogP contribution >= 0.6 is 0 Å². The molecule has 0 aliphatic carbocycles. The van der Waals surface area contributed by atoms with Crippen LogP contribution in [0.1, 0.15) is 46.9 Å². The summed E-state index contributed by atoms with van der Waals surface area (Å²) in [5, 5.41) is 1.36.